The van der Waals surface area contributed by atoms with Crippen LogP contribution in [0.2, 0.25) is 10.0 Å². The normalized spacial score (nSPS) is 15.1. The Morgan fingerprint density at radius 3 is 2.41 bits per heavy atom. The van der Waals surface area contributed by atoms with E-state index >= 15 is 0 Å². The quantitative estimate of drug-likeness (QED) is 0.336. The van der Waals surface area contributed by atoms with Crippen molar-refractivity contribution < 1.29 is 13.9 Å². The molecule has 4 nitrogen and oxygen atoms in total. The summed E-state index contributed by atoms with van der Waals surface area (Å²) in [5, 5.41) is 0.771. The van der Waals surface area contributed by atoms with Crippen LogP contribution in [0.1, 0.15) is 11.3 Å². The van der Waals surface area contributed by atoms with Gasteiger partial charge in [0.05, 0.1) is 10.0 Å². The zero-order valence-electron chi connectivity index (χ0n) is 13.6. The maximum Gasteiger partial charge on any atom is 0.363 e. The van der Waals surface area contributed by atoms with E-state index in [4.69, 9.17) is 32.4 Å². The number of aliphatic imine (C=N–C) groups is 1. The fourth-order valence-electron chi connectivity index (χ4n) is 2.50. The van der Waals surface area contributed by atoms with Gasteiger partial charge in [-0.2, -0.15) is 0 Å². The molecule has 0 N–H and O–H groups in total. The third-order valence-corrected chi connectivity index (χ3v) is 5.09. The summed E-state index contributed by atoms with van der Waals surface area (Å²) in [6.45, 7) is 0. The molecule has 134 valence electrons. The van der Waals surface area contributed by atoms with Crippen LogP contribution in [0, 0.1) is 0 Å². The van der Waals surface area contributed by atoms with Gasteiger partial charge in [0.1, 0.15) is 11.5 Å². The monoisotopic (exact) mass is 461 g/mol. The number of halogens is 3. The molecule has 0 radical (unpaired) electrons. The summed E-state index contributed by atoms with van der Waals surface area (Å²) in [4.78, 5) is 16.4. The molecule has 0 bridgehead atoms. The Morgan fingerprint density at radius 1 is 0.926 bits per heavy atom. The molecule has 1 aliphatic heterocycles. The molecule has 0 amide bonds. The summed E-state index contributed by atoms with van der Waals surface area (Å²) in [5.41, 5.74) is 1.64. The predicted octanol–water partition coefficient (Wildman–Crippen LogP) is 6.36. The van der Waals surface area contributed by atoms with E-state index in [2.05, 4.69) is 20.9 Å². The topological polar surface area (TPSA) is 51.8 Å². The third-order valence-electron chi connectivity index (χ3n) is 3.82. The molecular formula is C20H10BrCl2NO3. The van der Waals surface area contributed by atoms with Crippen molar-refractivity contribution in [3.8, 4) is 11.3 Å². The summed E-state index contributed by atoms with van der Waals surface area (Å²) < 4.78 is 12.0. The average molecular weight is 463 g/mol. The van der Waals surface area contributed by atoms with Gasteiger partial charge in [-0.25, -0.2) is 9.79 Å². The minimum atomic E-state index is -0.558. The summed E-state index contributed by atoms with van der Waals surface area (Å²) in [6.07, 6.45) is 1.54. The number of furan rings is 1. The molecule has 0 aliphatic carbocycles. The van der Waals surface area contributed by atoms with Crippen molar-refractivity contribution in [3.05, 3.63) is 86.1 Å². The standard InChI is InChI=1S/C20H10BrCl2NO3/c21-13-4-1-11(2-5-13)18-8-6-14(26-18)10-17-20(25)27-19(24-17)12-3-7-15(22)16(23)9-12/h1-10H/b17-10-. The highest BCUT2D eigenvalue weighted by Crippen LogP contribution is 2.28. The van der Waals surface area contributed by atoms with Crippen LogP contribution >= 0.6 is 39.1 Å². The SMILES string of the molecule is O=C1OC(c2ccc(Cl)c(Cl)c2)=N/C1=C\c1ccc(-c2ccc(Br)cc2)o1. The van der Waals surface area contributed by atoms with Gasteiger partial charge in [-0.1, -0.05) is 51.3 Å². The molecule has 2 heterocycles. The summed E-state index contributed by atoms with van der Waals surface area (Å²) in [5.74, 6) is 0.801. The highest BCUT2D eigenvalue weighted by atomic mass is 79.9. The Bertz CT molecular complexity index is 1100. The third kappa shape index (κ3) is 3.86. The Labute approximate surface area is 173 Å². The van der Waals surface area contributed by atoms with Gasteiger partial charge in [-0.3, -0.25) is 0 Å². The van der Waals surface area contributed by atoms with Crippen LogP contribution in [0.3, 0.4) is 0 Å². The van der Waals surface area contributed by atoms with E-state index in [9.17, 15) is 4.79 Å². The smallest absolute Gasteiger partial charge is 0.363 e. The van der Waals surface area contributed by atoms with Gasteiger partial charge in [0.15, 0.2) is 5.70 Å². The van der Waals surface area contributed by atoms with Crippen LogP contribution in [0.5, 0.6) is 0 Å². The number of nitrogens with zero attached hydrogens (tertiary/aromatic N) is 1. The van der Waals surface area contributed by atoms with E-state index in [1.807, 2.05) is 30.3 Å². The van der Waals surface area contributed by atoms with Gasteiger partial charge < -0.3 is 9.15 Å². The van der Waals surface area contributed by atoms with Crippen LogP contribution < -0.4 is 0 Å². The number of ether oxygens (including phenoxy) is 1. The highest BCUT2D eigenvalue weighted by Gasteiger charge is 2.25. The summed E-state index contributed by atoms with van der Waals surface area (Å²) >= 11 is 15.3. The maximum atomic E-state index is 12.1. The fraction of sp³-hybridized carbons (Fsp3) is 0. The molecule has 0 saturated heterocycles. The number of esters is 1. The van der Waals surface area contributed by atoms with Gasteiger partial charge in [0, 0.05) is 21.7 Å². The van der Waals surface area contributed by atoms with Gasteiger partial charge in [0.2, 0.25) is 5.90 Å². The minimum absolute atomic E-state index is 0.146. The van der Waals surface area contributed by atoms with Gasteiger partial charge in [-0.05, 0) is 42.5 Å². The Balaban J connectivity index is 1.62. The second-order valence-electron chi connectivity index (χ2n) is 5.67. The second-order valence-corrected chi connectivity index (χ2v) is 7.40. The van der Waals surface area contributed by atoms with Crippen molar-refractivity contribution >= 4 is 57.1 Å². The lowest BCUT2D eigenvalue weighted by Gasteiger charge is -2.01. The Hall–Kier alpha value is -2.34. The zero-order valence-corrected chi connectivity index (χ0v) is 16.7. The molecule has 1 aromatic heterocycles. The van der Waals surface area contributed by atoms with Crippen molar-refractivity contribution in [2.45, 2.75) is 0 Å². The molecule has 27 heavy (non-hydrogen) atoms. The lowest BCUT2D eigenvalue weighted by molar-refractivity contribution is -0.129. The van der Waals surface area contributed by atoms with Gasteiger partial charge in [-0.15, -0.1) is 0 Å². The van der Waals surface area contributed by atoms with E-state index in [1.165, 1.54) is 6.08 Å². The van der Waals surface area contributed by atoms with Crippen molar-refractivity contribution in [3.63, 3.8) is 0 Å². The van der Waals surface area contributed by atoms with Crippen molar-refractivity contribution in [2.24, 2.45) is 4.99 Å². The first-order valence-electron chi connectivity index (χ1n) is 7.83. The molecule has 0 unspecified atom stereocenters. The molecule has 7 heteroatoms. The molecule has 2 aromatic carbocycles. The van der Waals surface area contributed by atoms with Crippen LogP contribution in [0.15, 0.2) is 74.2 Å². The number of hydrogen-bond acceptors (Lipinski definition) is 4. The molecule has 0 saturated carbocycles. The van der Waals surface area contributed by atoms with Crippen LogP contribution in [0.4, 0.5) is 0 Å². The number of cyclic esters (lactones) is 1. The van der Waals surface area contributed by atoms with Gasteiger partial charge in [0.25, 0.3) is 0 Å². The molecule has 4 rings (SSSR count). The number of benzene rings is 2. The van der Waals surface area contributed by atoms with Crippen molar-refractivity contribution in [1.82, 2.24) is 0 Å². The second kappa shape index (κ2) is 7.35. The Kier molecular flexibility index (Phi) is 4.91. The summed E-state index contributed by atoms with van der Waals surface area (Å²) in [6, 6.07) is 16.2. The van der Waals surface area contributed by atoms with E-state index in [0.717, 1.165) is 10.0 Å². The number of rotatable bonds is 3. The van der Waals surface area contributed by atoms with E-state index in [-0.39, 0.29) is 11.6 Å². The van der Waals surface area contributed by atoms with E-state index in [0.29, 0.717) is 27.1 Å². The number of hydrogen-bond donors (Lipinski definition) is 0. The van der Waals surface area contributed by atoms with Crippen LogP contribution in [-0.2, 0) is 9.53 Å². The lowest BCUT2D eigenvalue weighted by atomic mass is 10.2. The first kappa shape index (κ1) is 18.0. The molecule has 0 spiro atoms. The van der Waals surface area contributed by atoms with Crippen LogP contribution in [-0.4, -0.2) is 11.9 Å². The zero-order chi connectivity index (χ0) is 19.0. The molecule has 1 aliphatic rings. The Morgan fingerprint density at radius 2 is 1.67 bits per heavy atom. The van der Waals surface area contributed by atoms with E-state index < -0.39 is 5.97 Å². The molecule has 3 aromatic rings. The van der Waals surface area contributed by atoms with Crippen LogP contribution in [0.25, 0.3) is 17.4 Å². The van der Waals surface area contributed by atoms with Crippen molar-refractivity contribution in [1.29, 1.82) is 0 Å². The highest BCUT2D eigenvalue weighted by molar-refractivity contribution is 9.10. The largest absolute Gasteiger partial charge is 0.457 e. The average Bonchev–Trinajstić information content (AvgIpc) is 3.26. The fourth-order valence-corrected chi connectivity index (χ4v) is 3.06. The molecular weight excluding hydrogens is 453 g/mol. The predicted molar refractivity (Wildman–Crippen MR) is 109 cm³/mol. The van der Waals surface area contributed by atoms with Crippen molar-refractivity contribution in [2.75, 3.05) is 0 Å². The lowest BCUT2D eigenvalue weighted by Crippen LogP contribution is -2.05. The molecule has 0 fully saturated rings. The number of carbonyl (C=O) groups is 1. The maximum absolute atomic E-state index is 12.1. The minimum Gasteiger partial charge on any atom is -0.457 e. The van der Waals surface area contributed by atoms with E-state index in [1.54, 1.807) is 24.3 Å². The molecule has 0 atom stereocenters. The summed E-state index contributed by atoms with van der Waals surface area (Å²) in [7, 11) is 0. The first-order valence-corrected chi connectivity index (χ1v) is 9.38. The first-order chi connectivity index (χ1) is 13.0. The van der Waals surface area contributed by atoms with Gasteiger partial charge >= 0.3 is 5.97 Å². The number of carbonyl (C=O) groups excluding carboxylic acids is 1.